The fourth-order valence-electron chi connectivity index (χ4n) is 5.14. The molecule has 0 bridgehead atoms. The number of nitrogens with one attached hydrogen (secondary N) is 1. The summed E-state index contributed by atoms with van der Waals surface area (Å²) in [6, 6.07) is 1.59. The Kier molecular flexibility index (Phi) is 4.16. The predicted octanol–water partition coefficient (Wildman–Crippen LogP) is 3.66. The highest BCUT2D eigenvalue weighted by molar-refractivity contribution is 5.04. The van der Waals surface area contributed by atoms with Gasteiger partial charge in [-0.1, -0.05) is 40.5 Å². The van der Waals surface area contributed by atoms with Gasteiger partial charge in [0.15, 0.2) is 0 Å². The van der Waals surface area contributed by atoms with E-state index in [2.05, 4.69) is 37.9 Å². The van der Waals surface area contributed by atoms with E-state index in [1.165, 1.54) is 51.6 Å². The van der Waals surface area contributed by atoms with Crippen molar-refractivity contribution in [3.05, 3.63) is 0 Å². The third-order valence-electron chi connectivity index (χ3n) is 6.78. The van der Waals surface area contributed by atoms with Gasteiger partial charge in [-0.15, -0.1) is 0 Å². The Morgan fingerprint density at radius 3 is 2.35 bits per heavy atom. The number of hydrogen-bond acceptors (Lipinski definition) is 2. The van der Waals surface area contributed by atoms with Crippen molar-refractivity contribution in [2.75, 3.05) is 13.1 Å². The minimum absolute atomic E-state index is 0.469. The SMILES string of the molecule is CC(C)C1CNC2(CCCC2)CN1C1CCC(C)C1C. The maximum absolute atomic E-state index is 3.96. The average Bonchev–Trinajstić information content (AvgIpc) is 2.98. The van der Waals surface area contributed by atoms with Gasteiger partial charge < -0.3 is 5.32 Å². The first kappa shape index (κ1) is 14.8. The zero-order chi connectivity index (χ0) is 14.3. The summed E-state index contributed by atoms with van der Waals surface area (Å²) < 4.78 is 0. The maximum atomic E-state index is 3.96. The Balaban J connectivity index is 1.79. The Labute approximate surface area is 125 Å². The van der Waals surface area contributed by atoms with E-state index in [9.17, 15) is 0 Å². The summed E-state index contributed by atoms with van der Waals surface area (Å²) in [7, 11) is 0. The van der Waals surface area contributed by atoms with Crippen molar-refractivity contribution in [2.24, 2.45) is 17.8 Å². The number of rotatable bonds is 2. The van der Waals surface area contributed by atoms with Gasteiger partial charge in [-0.05, 0) is 43.4 Å². The second-order valence-electron chi connectivity index (χ2n) is 8.33. The normalized spacial score (nSPS) is 41.9. The molecule has 0 aromatic carbocycles. The highest BCUT2D eigenvalue weighted by atomic mass is 15.3. The van der Waals surface area contributed by atoms with E-state index in [-0.39, 0.29) is 0 Å². The average molecular weight is 278 g/mol. The van der Waals surface area contributed by atoms with Gasteiger partial charge in [0.2, 0.25) is 0 Å². The lowest BCUT2D eigenvalue weighted by molar-refractivity contribution is 0.00848. The lowest BCUT2D eigenvalue weighted by atomic mass is 9.85. The molecule has 1 heterocycles. The van der Waals surface area contributed by atoms with Gasteiger partial charge in [0.25, 0.3) is 0 Å². The molecule has 3 aliphatic rings. The quantitative estimate of drug-likeness (QED) is 0.829. The fourth-order valence-corrected chi connectivity index (χ4v) is 5.14. The van der Waals surface area contributed by atoms with Crippen LogP contribution in [0.5, 0.6) is 0 Å². The van der Waals surface area contributed by atoms with Crippen LogP contribution in [0.2, 0.25) is 0 Å². The molecule has 0 aromatic rings. The highest BCUT2D eigenvalue weighted by Crippen LogP contribution is 2.41. The molecule has 0 amide bonds. The predicted molar refractivity (Wildman–Crippen MR) is 85.9 cm³/mol. The highest BCUT2D eigenvalue weighted by Gasteiger charge is 2.46. The Morgan fingerprint density at radius 1 is 1.10 bits per heavy atom. The first-order valence-electron chi connectivity index (χ1n) is 9.03. The Morgan fingerprint density at radius 2 is 1.80 bits per heavy atom. The van der Waals surface area contributed by atoms with Crippen molar-refractivity contribution in [1.82, 2.24) is 10.2 Å². The first-order valence-corrected chi connectivity index (χ1v) is 9.03. The van der Waals surface area contributed by atoms with Crippen LogP contribution < -0.4 is 5.32 Å². The van der Waals surface area contributed by atoms with Crippen LogP contribution in [0.1, 0.15) is 66.2 Å². The number of hydrogen-bond donors (Lipinski definition) is 1. The van der Waals surface area contributed by atoms with Gasteiger partial charge in [-0.3, -0.25) is 4.90 Å². The molecule has 116 valence electrons. The molecule has 4 unspecified atom stereocenters. The maximum Gasteiger partial charge on any atom is 0.0309 e. The van der Waals surface area contributed by atoms with Crippen LogP contribution in [0.3, 0.4) is 0 Å². The number of piperazine rings is 1. The van der Waals surface area contributed by atoms with Crippen molar-refractivity contribution < 1.29 is 0 Å². The van der Waals surface area contributed by atoms with Crippen molar-refractivity contribution in [3.63, 3.8) is 0 Å². The molecule has 2 nitrogen and oxygen atoms in total. The van der Waals surface area contributed by atoms with Gasteiger partial charge in [0, 0.05) is 30.7 Å². The molecule has 0 aromatic heterocycles. The van der Waals surface area contributed by atoms with Crippen LogP contribution in [0.4, 0.5) is 0 Å². The summed E-state index contributed by atoms with van der Waals surface area (Å²) in [5, 5.41) is 3.96. The van der Waals surface area contributed by atoms with E-state index in [1.54, 1.807) is 0 Å². The third-order valence-corrected chi connectivity index (χ3v) is 6.78. The van der Waals surface area contributed by atoms with Crippen molar-refractivity contribution in [2.45, 2.75) is 83.8 Å². The van der Waals surface area contributed by atoms with E-state index in [1.807, 2.05) is 0 Å². The molecule has 1 saturated heterocycles. The van der Waals surface area contributed by atoms with E-state index >= 15 is 0 Å². The Bertz CT molecular complexity index is 332. The van der Waals surface area contributed by atoms with Crippen LogP contribution in [0.25, 0.3) is 0 Å². The van der Waals surface area contributed by atoms with Gasteiger partial charge in [0.1, 0.15) is 0 Å². The van der Waals surface area contributed by atoms with Crippen LogP contribution in [0.15, 0.2) is 0 Å². The third kappa shape index (κ3) is 2.54. The van der Waals surface area contributed by atoms with Crippen LogP contribution >= 0.6 is 0 Å². The van der Waals surface area contributed by atoms with E-state index in [0.29, 0.717) is 5.54 Å². The topological polar surface area (TPSA) is 15.3 Å². The van der Waals surface area contributed by atoms with Crippen LogP contribution in [-0.2, 0) is 0 Å². The van der Waals surface area contributed by atoms with Crippen LogP contribution in [0, 0.1) is 17.8 Å². The molecule has 1 spiro atoms. The second-order valence-corrected chi connectivity index (χ2v) is 8.33. The van der Waals surface area contributed by atoms with Gasteiger partial charge >= 0.3 is 0 Å². The molecule has 0 radical (unpaired) electrons. The second kappa shape index (κ2) is 5.61. The van der Waals surface area contributed by atoms with E-state index in [4.69, 9.17) is 0 Å². The molecule has 3 fully saturated rings. The molecule has 2 heteroatoms. The Hall–Kier alpha value is -0.0800. The molecule has 20 heavy (non-hydrogen) atoms. The monoisotopic (exact) mass is 278 g/mol. The summed E-state index contributed by atoms with van der Waals surface area (Å²) in [4.78, 5) is 2.95. The smallest absolute Gasteiger partial charge is 0.0309 e. The van der Waals surface area contributed by atoms with Crippen molar-refractivity contribution >= 4 is 0 Å². The lowest BCUT2D eigenvalue weighted by Crippen LogP contribution is -2.66. The summed E-state index contributed by atoms with van der Waals surface area (Å²) in [6.07, 6.45) is 8.55. The van der Waals surface area contributed by atoms with Gasteiger partial charge in [-0.25, -0.2) is 0 Å². The standard InChI is InChI=1S/C18H34N2/c1-13(2)17-11-19-18(9-5-6-10-18)12-20(17)16-8-7-14(3)15(16)4/h13-17,19H,5-12H2,1-4H3. The fraction of sp³-hybridized carbons (Fsp3) is 1.00. The van der Waals surface area contributed by atoms with Crippen molar-refractivity contribution in [3.8, 4) is 0 Å². The van der Waals surface area contributed by atoms with E-state index < -0.39 is 0 Å². The van der Waals surface area contributed by atoms with E-state index in [0.717, 1.165) is 29.8 Å². The summed E-state index contributed by atoms with van der Waals surface area (Å²) >= 11 is 0. The largest absolute Gasteiger partial charge is 0.308 e. The molecule has 1 N–H and O–H groups in total. The van der Waals surface area contributed by atoms with Gasteiger partial charge in [0.05, 0.1) is 0 Å². The molecule has 1 aliphatic heterocycles. The summed E-state index contributed by atoms with van der Waals surface area (Å²) in [5.74, 6) is 2.57. The lowest BCUT2D eigenvalue weighted by Gasteiger charge is -2.51. The van der Waals surface area contributed by atoms with Crippen LogP contribution in [-0.4, -0.2) is 35.6 Å². The zero-order valence-corrected chi connectivity index (χ0v) is 14.0. The minimum atomic E-state index is 0.469. The summed E-state index contributed by atoms with van der Waals surface area (Å²) in [5.41, 5.74) is 0.469. The summed E-state index contributed by atoms with van der Waals surface area (Å²) in [6.45, 7) is 12.3. The molecule has 2 saturated carbocycles. The molecular formula is C18H34N2. The molecule has 4 atom stereocenters. The minimum Gasteiger partial charge on any atom is -0.308 e. The zero-order valence-electron chi connectivity index (χ0n) is 14.0. The van der Waals surface area contributed by atoms with Crippen molar-refractivity contribution in [1.29, 1.82) is 0 Å². The molecule has 3 rings (SSSR count). The molecular weight excluding hydrogens is 244 g/mol. The van der Waals surface area contributed by atoms with Gasteiger partial charge in [-0.2, -0.15) is 0 Å². The molecule has 2 aliphatic carbocycles. The number of nitrogens with zero attached hydrogens (tertiary/aromatic N) is 1. The first-order chi connectivity index (χ1) is 9.52.